The molecule has 108 valence electrons. The van der Waals surface area contributed by atoms with Gasteiger partial charge in [0, 0.05) is 11.4 Å². The van der Waals surface area contributed by atoms with E-state index in [0.29, 0.717) is 18.7 Å². The van der Waals surface area contributed by atoms with Gasteiger partial charge in [0.2, 0.25) is 0 Å². The Hall–Kier alpha value is -2.12. The van der Waals surface area contributed by atoms with E-state index >= 15 is 0 Å². The minimum Gasteiger partial charge on any atom is -0.492 e. The first kappa shape index (κ1) is 15.3. The highest BCUT2D eigenvalue weighted by molar-refractivity contribution is 7.99. The van der Waals surface area contributed by atoms with E-state index in [-0.39, 0.29) is 0 Å². The number of hydrogen-bond donors (Lipinski definition) is 1. The molecule has 0 spiro atoms. The predicted octanol–water partition coefficient (Wildman–Crippen LogP) is 4.16. The van der Waals surface area contributed by atoms with Gasteiger partial charge in [0.05, 0.1) is 11.3 Å². The minimum absolute atomic E-state index is 0.556. The Morgan fingerprint density at radius 2 is 1.95 bits per heavy atom. The highest BCUT2D eigenvalue weighted by Crippen LogP contribution is 2.27. The van der Waals surface area contributed by atoms with Gasteiger partial charge >= 0.3 is 0 Å². The summed E-state index contributed by atoms with van der Waals surface area (Å²) in [5, 5.41) is 12.6. The van der Waals surface area contributed by atoms with Crippen molar-refractivity contribution >= 4 is 17.4 Å². The molecule has 0 fully saturated rings. The van der Waals surface area contributed by atoms with Gasteiger partial charge in [0.1, 0.15) is 18.4 Å². The molecule has 2 aromatic rings. The third-order valence-corrected chi connectivity index (χ3v) is 3.81. The van der Waals surface area contributed by atoms with Crippen LogP contribution in [-0.2, 0) is 0 Å². The second kappa shape index (κ2) is 8.23. The number of ether oxygens (including phenoxy) is 1. The highest BCUT2D eigenvalue weighted by Gasteiger charge is 2.07. The van der Waals surface area contributed by atoms with E-state index in [9.17, 15) is 5.26 Å². The van der Waals surface area contributed by atoms with Crippen LogP contribution in [0.3, 0.4) is 0 Å². The molecule has 0 aliphatic rings. The average molecular weight is 298 g/mol. The second-order valence-corrected chi connectivity index (χ2v) is 5.62. The van der Waals surface area contributed by atoms with Gasteiger partial charge in [-0.3, -0.25) is 0 Å². The summed E-state index contributed by atoms with van der Waals surface area (Å²) < 4.78 is 5.63. The summed E-state index contributed by atoms with van der Waals surface area (Å²) in [6.45, 7) is 3.30. The Bertz CT molecular complexity index is 608. The number of nitriles is 1. The van der Waals surface area contributed by atoms with E-state index in [0.717, 1.165) is 22.1 Å². The van der Waals surface area contributed by atoms with E-state index < -0.39 is 0 Å². The maximum atomic E-state index is 9.33. The van der Waals surface area contributed by atoms with Crippen molar-refractivity contribution in [2.75, 3.05) is 24.2 Å². The smallest absolute Gasteiger partial charge is 0.119 e. The molecule has 0 aromatic heterocycles. The topological polar surface area (TPSA) is 45.0 Å². The van der Waals surface area contributed by atoms with Crippen molar-refractivity contribution in [2.24, 2.45) is 0 Å². The molecule has 3 nitrogen and oxygen atoms in total. The van der Waals surface area contributed by atoms with Gasteiger partial charge in [0.25, 0.3) is 0 Å². The number of anilines is 1. The number of rotatable bonds is 7. The molecule has 0 unspecified atom stereocenters. The molecular formula is C17H18N2OS. The van der Waals surface area contributed by atoms with Crippen molar-refractivity contribution in [1.82, 2.24) is 0 Å². The molecule has 0 aliphatic heterocycles. The molecule has 0 bridgehead atoms. The number of benzene rings is 2. The quantitative estimate of drug-likeness (QED) is 0.616. The van der Waals surface area contributed by atoms with Gasteiger partial charge in [-0.25, -0.2) is 0 Å². The molecule has 0 atom stereocenters. The van der Waals surface area contributed by atoms with Crippen LogP contribution in [0.1, 0.15) is 12.5 Å². The van der Waals surface area contributed by atoms with Crippen molar-refractivity contribution in [2.45, 2.75) is 11.8 Å². The first-order valence-electron chi connectivity index (χ1n) is 6.92. The fourth-order valence-corrected chi connectivity index (χ4v) is 2.73. The summed E-state index contributed by atoms with van der Waals surface area (Å²) >= 11 is 1.68. The van der Waals surface area contributed by atoms with Gasteiger partial charge < -0.3 is 10.1 Å². The molecule has 0 aliphatic carbocycles. The van der Waals surface area contributed by atoms with Crippen LogP contribution in [0.25, 0.3) is 0 Å². The van der Waals surface area contributed by atoms with Crippen molar-refractivity contribution in [3.8, 4) is 11.8 Å². The summed E-state index contributed by atoms with van der Waals surface area (Å²) in [5.74, 6) is 1.81. The molecule has 4 heteroatoms. The van der Waals surface area contributed by atoms with Crippen LogP contribution >= 0.6 is 11.8 Å². The van der Waals surface area contributed by atoms with Crippen molar-refractivity contribution in [1.29, 1.82) is 5.26 Å². The lowest BCUT2D eigenvalue weighted by Gasteiger charge is -2.11. The van der Waals surface area contributed by atoms with Crippen LogP contribution in [0.2, 0.25) is 0 Å². The van der Waals surface area contributed by atoms with E-state index in [1.165, 1.54) is 0 Å². The van der Waals surface area contributed by atoms with E-state index in [1.54, 1.807) is 11.8 Å². The Balaban J connectivity index is 1.91. The zero-order valence-electron chi connectivity index (χ0n) is 12.0. The molecule has 0 radical (unpaired) electrons. The number of thioether (sulfide) groups is 1. The summed E-state index contributed by atoms with van der Waals surface area (Å²) in [6, 6.07) is 17.9. The van der Waals surface area contributed by atoms with Crippen LogP contribution in [0.5, 0.6) is 5.75 Å². The van der Waals surface area contributed by atoms with Gasteiger partial charge in [0.15, 0.2) is 0 Å². The van der Waals surface area contributed by atoms with E-state index in [4.69, 9.17) is 4.74 Å². The number of nitrogens with zero attached hydrogens (tertiary/aromatic N) is 1. The first-order valence-corrected chi connectivity index (χ1v) is 7.91. The van der Waals surface area contributed by atoms with Crippen molar-refractivity contribution < 1.29 is 4.74 Å². The second-order valence-electron chi connectivity index (χ2n) is 4.31. The zero-order valence-corrected chi connectivity index (χ0v) is 12.8. The zero-order chi connectivity index (χ0) is 14.9. The summed E-state index contributed by atoms with van der Waals surface area (Å²) in [7, 11) is 0. The van der Waals surface area contributed by atoms with Crippen LogP contribution in [-0.4, -0.2) is 18.9 Å². The molecule has 0 amide bonds. The Morgan fingerprint density at radius 3 is 2.67 bits per heavy atom. The fraction of sp³-hybridized carbons (Fsp3) is 0.235. The number of nitrogens with one attached hydrogen (secondary N) is 1. The largest absolute Gasteiger partial charge is 0.492 e. The standard InChI is InChI=1S/C17H18N2OS/c1-2-21-17-10-6-9-16(15(17)13-18)19-11-12-20-14-7-4-3-5-8-14/h3-10,19H,2,11-12H2,1H3. The molecular weight excluding hydrogens is 280 g/mol. The Morgan fingerprint density at radius 1 is 1.14 bits per heavy atom. The molecule has 0 saturated heterocycles. The SMILES string of the molecule is CCSc1cccc(NCCOc2ccccc2)c1C#N. The van der Waals surface area contributed by atoms with Gasteiger partial charge in [-0.15, -0.1) is 11.8 Å². The van der Waals surface area contributed by atoms with Crippen molar-refractivity contribution in [3.05, 3.63) is 54.1 Å². The van der Waals surface area contributed by atoms with Crippen LogP contribution < -0.4 is 10.1 Å². The normalized spacial score (nSPS) is 9.90. The highest BCUT2D eigenvalue weighted by atomic mass is 32.2. The Labute approximate surface area is 129 Å². The molecule has 2 rings (SSSR count). The lowest BCUT2D eigenvalue weighted by molar-refractivity contribution is 0.333. The molecule has 0 saturated carbocycles. The molecule has 1 N–H and O–H groups in total. The summed E-state index contributed by atoms with van der Waals surface area (Å²) in [4.78, 5) is 1.02. The number of hydrogen-bond acceptors (Lipinski definition) is 4. The lowest BCUT2D eigenvalue weighted by atomic mass is 10.2. The Kier molecular flexibility index (Phi) is 5.99. The van der Waals surface area contributed by atoms with Crippen LogP contribution in [0, 0.1) is 11.3 Å². The van der Waals surface area contributed by atoms with Gasteiger partial charge in [-0.05, 0) is 30.0 Å². The van der Waals surface area contributed by atoms with Gasteiger partial charge in [-0.1, -0.05) is 31.2 Å². The maximum Gasteiger partial charge on any atom is 0.119 e. The third-order valence-electron chi connectivity index (χ3n) is 2.87. The van der Waals surface area contributed by atoms with Crippen LogP contribution in [0.4, 0.5) is 5.69 Å². The monoisotopic (exact) mass is 298 g/mol. The molecule has 0 heterocycles. The predicted molar refractivity (Wildman–Crippen MR) is 88.0 cm³/mol. The third kappa shape index (κ3) is 4.44. The fourth-order valence-electron chi connectivity index (χ4n) is 1.94. The number of para-hydroxylation sites is 1. The summed E-state index contributed by atoms with van der Waals surface area (Å²) in [6.07, 6.45) is 0. The molecule has 21 heavy (non-hydrogen) atoms. The van der Waals surface area contributed by atoms with Crippen LogP contribution in [0.15, 0.2) is 53.4 Å². The minimum atomic E-state index is 0.556. The average Bonchev–Trinajstić information content (AvgIpc) is 2.53. The lowest BCUT2D eigenvalue weighted by Crippen LogP contribution is -2.12. The van der Waals surface area contributed by atoms with Crippen molar-refractivity contribution in [3.63, 3.8) is 0 Å². The van der Waals surface area contributed by atoms with E-state index in [2.05, 4.69) is 18.3 Å². The maximum absolute atomic E-state index is 9.33. The first-order chi connectivity index (χ1) is 10.3. The molecule has 2 aromatic carbocycles. The summed E-state index contributed by atoms with van der Waals surface area (Å²) in [5.41, 5.74) is 1.58. The van der Waals surface area contributed by atoms with Gasteiger partial charge in [-0.2, -0.15) is 5.26 Å². The van der Waals surface area contributed by atoms with E-state index in [1.807, 2.05) is 48.5 Å².